The zero-order valence-electron chi connectivity index (χ0n) is 10.2. The van der Waals surface area contributed by atoms with Crippen molar-refractivity contribution >= 4 is 16.1 Å². The number of aryl methyl sites for hydroxylation is 1. The third kappa shape index (κ3) is 2.78. The summed E-state index contributed by atoms with van der Waals surface area (Å²) < 4.78 is 36.6. The number of nitrogens with zero attached hydrogens (tertiary/aromatic N) is 2. The van der Waals surface area contributed by atoms with Crippen molar-refractivity contribution in [1.82, 2.24) is 0 Å². The second-order valence-corrected chi connectivity index (χ2v) is 4.87. The van der Waals surface area contributed by atoms with Gasteiger partial charge in [0.2, 0.25) is 0 Å². The van der Waals surface area contributed by atoms with E-state index in [1.807, 2.05) is 6.07 Å². The summed E-state index contributed by atoms with van der Waals surface area (Å²) >= 11 is 0. The van der Waals surface area contributed by atoms with Crippen molar-refractivity contribution in [2.75, 3.05) is 14.2 Å². The number of hydrogen-bond acceptors (Lipinski definition) is 5. The molecule has 0 N–H and O–H groups in total. The van der Waals surface area contributed by atoms with Gasteiger partial charge in [-0.25, -0.2) is 0 Å². The number of sulfonamides is 1. The second-order valence-electron chi connectivity index (χ2n) is 3.30. The topological polar surface area (TPSA) is 88.8 Å². The highest BCUT2D eigenvalue weighted by Crippen LogP contribution is 2.20. The molecule has 0 atom stereocenters. The van der Waals surface area contributed by atoms with Crippen LogP contribution in [0, 0.1) is 18.3 Å². The van der Waals surface area contributed by atoms with Crippen molar-refractivity contribution in [3.8, 4) is 6.07 Å². The van der Waals surface area contributed by atoms with E-state index in [9.17, 15) is 8.42 Å². The largest absolute Gasteiger partial charge is 0.453 e. The van der Waals surface area contributed by atoms with Crippen LogP contribution in [-0.2, 0) is 19.5 Å². The summed E-state index contributed by atoms with van der Waals surface area (Å²) in [7, 11) is -1.56. The zero-order chi connectivity index (χ0) is 13.8. The molecular formula is C11H12N2O4S. The van der Waals surface area contributed by atoms with Gasteiger partial charge in [-0.3, -0.25) is 0 Å². The van der Waals surface area contributed by atoms with Gasteiger partial charge in [-0.2, -0.15) is 13.7 Å². The van der Waals surface area contributed by atoms with Crippen molar-refractivity contribution in [2.24, 2.45) is 4.40 Å². The van der Waals surface area contributed by atoms with Crippen LogP contribution in [0.15, 0.2) is 27.5 Å². The monoisotopic (exact) mass is 268 g/mol. The SMILES string of the molecule is COC(=NS(=O)(=O)c1cccc(C)c1C#N)OC. The summed E-state index contributed by atoms with van der Waals surface area (Å²) in [4.78, 5) is -0.170. The molecule has 0 radical (unpaired) electrons. The van der Waals surface area contributed by atoms with Gasteiger partial charge < -0.3 is 9.47 Å². The van der Waals surface area contributed by atoms with Crippen molar-refractivity contribution in [3.05, 3.63) is 29.3 Å². The Labute approximate surface area is 106 Å². The molecule has 0 saturated heterocycles. The molecule has 0 unspecified atom stereocenters. The predicted octanol–water partition coefficient (Wildman–Crippen LogP) is 1.20. The highest BCUT2D eigenvalue weighted by atomic mass is 32.2. The highest BCUT2D eigenvalue weighted by molar-refractivity contribution is 7.90. The predicted molar refractivity (Wildman–Crippen MR) is 64.5 cm³/mol. The third-order valence-electron chi connectivity index (χ3n) is 2.17. The van der Waals surface area contributed by atoms with E-state index in [0.717, 1.165) is 0 Å². The van der Waals surface area contributed by atoms with Gasteiger partial charge in [0.15, 0.2) is 0 Å². The Kier molecular flexibility index (Phi) is 4.28. The highest BCUT2D eigenvalue weighted by Gasteiger charge is 2.20. The number of methoxy groups -OCH3 is 2. The molecule has 0 heterocycles. The molecule has 7 heteroatoms. The van der Waals surface area contributed by atoms with Crippen LogP contribution in [-0.4, -0.2) is 28.7 Å². The van der Waals surface area contributed by atoms with Crippen LogP contribution in [0.5, 0.6) is 0 Å². The summed E-state index contributed by atoms with van der Waals surface area (Å²) in [5.41, 5.74) is 0.623. The van der Waals surface area contributed by atoms with Crippen LogP contribution in [0.1, 0.15) is 11.1 Å². The molecule has 6 nitrogen and oxygen atoms in total. The third-order valence-corrected chi connectivity index (χ3v) is 3.45. The fourth-order valence-corrected chi connectivity index (χ4v) is 2.46. The minimum atomic E-state index is -4.03. The molecule has 96 valence electrons. The average Bonchev–Trinajstić information content (AvgIpc) is 2.35. The van der Waals surface area contributed by atoms with E-state index in [1.165, 1.54) is 26.4 Å². The van der Waals surface area contributed by atoms with Crippen molar-refractivity contribution in [2.45, 2.75) is 11.8 Å². The van der Waals surface area contributed by atoms with Crippen molar-refractivity contribution in [1.29, 1.82) is 5.26 Å². The van der Waals surface area contributed by atoms with Gasteiger partial charge in [-0.05, 0) is 18.6 Å². The first kappa shape index (κ1) is 14.0. The van der Waals surface area contributed by atoms with E-state index in [1.54, 1.807) is 13.0 Å². The van der Waals surface area contributed by atoms with Crippen LogP contribution in [0.3, 0.4) is 0 Å². The maximum absolute atomic E-state index is 12.0. The van der Waals surface area contributed by atoms with Gasteiger partial charge in [-0.15, -0.1) is 0 Å². The molecule has 0 saturated carbocycles. The van der Waals surface area contributed by atoms with Gasteiger partial charge in [-0.1, -0.05) is 16.5 Å². The van der Waals surface area contributed by atoms with Gasteiger partial charge in [0.05, 0.1) is 19.8 Å². The lowest BCUT2D eigenvalue weighted by molar-refractivity contribution is 0.244. The molecule has 0 fully saturated rings. The average molecular weight is 268 g/mol. The van der Waals surface area contributed by atoms with Crippen LogP contribution in [0.4, 0.5) is 0 Å². The molecule has 1 aromatic rings. The Morgan fingerprint density at radius 1 is 1.33 bits per heavy atom. The summed E-state index contributed by atoms with van der Waals surface area (Å²) in [6.07, 6.45) is -0.389. The summed E-state index contributed by atoms with van der Waals surface area (Å²) in [5.74, 6) is 0. The molecule has 1 aromatic carbocycles. The number of benzene rings is 1. The Morgan fingerprint density at radius 3 is 2.44 bits per heavy atom. The number of nitriles is 1. The van der Waals surface area contributed by atoms with E-state index >= 15 is 0 Å². The van der Waals surface area contributed by atoms with E-state index < -0.39 is 10.0 Å². The maximum Gasteiger partial charge on any atom is 0.399 e. The second kappa shape index (κ2) is 5.51. The first-order valence-electron chi connectivity index (χ1n) is 4.89. The Hall–Kier alpha value is -2.07. The molecule has 1 rings (SSSR count). The fraction of sp³-hybridized carbons (Fsp3) is 0.273. The Bertz CT molecular complexity index is 608. The fourth-order valence-electron chi connectivity index (χ4n) is 1.30. The van der Waals surface area contributed by atoms with Gasteiger partial charge in [0, 0.05) is 0 Å². The smallest absolute Gasteiger partial charge is 0.399 e. The summed E-state index contributed by atoms with van der Waals surface area (Å²) in [6.45, 7) is 1.65. The summed E-state index contributed by atoms with van der Waals surface area (Å²) in [5, 5.41) is 8.99. The van der Waals surface area contributed by atoms with Gasteiger partial charge >= 0.3 is 6.08 Å². The quantitative estimate of drug-likeness (QED) is 0.594. The number of ether oxygens (including phenoxy) is 2. The number of rotatable bonds is 2. The molecule has 18 heavy (non-hydrogen) atoms. The molecule has 0 aliphatic carbocycles. The van der Waals surface area contributed by atoms with Crippen LogP contribution in [0.25, 0.3) is 0 Å². The lowest BCUT2D eigenvalue weighted by Gasteiger charge is -2.05. The molecule has 0 amide bonds. The van der Waals surface area contributed by atoms with E-state index in [2.05, 4.69) is 13.9 Å². The molecule has 0 aliphatic heterocycles. The zero-order valence-corrected chi connectivity index (χ0v) is 11.0. The van der Waals surface area contributed by atoms with E-state index in [0.29, 0.717) is 5.56 Å². The lowest BCUT2D eigenvalue weighted by Crippen LogP contribution is -2.10. The van der Waals surface area contributed by atoms with Gasteiger partial charge in [0.1, 0.15) is 11.0 Å². The minimum Gasteiger partial charge on any atom is -0.453 e. The van der Waals surface area contributed by atoms with Gasteiger partial charge in [0.25, 0.3) is 10.0 Å². The van der Waals surface area contributed by atoms with Crippen LogP contribution in [0.2, 0.25) is 0 Å². The first-order valence-corrected chi connectivity index (χ1v) is 6.33. The van der Waals surface area contributed by atoms with E-state index in [4.69, 9.17) is 5.26 Å². The maximum atomic E-state index is 12.0. The Morgan fingerprint density at radius 2 is 1.94 bits per heavy atom. The molecule has 0 spiro atoms. The standard InChI is InChI=1S/C11H12N2O4S/c1-8-5-4-6-10(9(8)7-12)18(14,15)13-11(16-2)17-3/h4-6H,1-3H3. The number of hydrogen-bond donors (Lipinski definition) is 0. The van der Waals surface area contributed by atoms with Crippen LogP contribution >= 0.6 is 0 Å². The van der Waals surface area contributed by atoms with Crippen molar-refractivity contribution in [3.63, 3.8) is 0 Å². The minimum absolute atomic E-state index is 0.0628. The summed E-state index contributed by atoms with van der Waals surface area (Å²) in [6, 6.07) is 6.35. The Balaban J connectivity index is 3.44. The molecule has 0 bridgehead atoms. The lowest BCUT2D eigenvalue weighted by atomic mass is 10.1. The molecular weight excluding hydrogens is 256 g/mol. The molecule has 0 aromatic heterocycles. The van der Waals surface area contributed by atoms with Crippen molar-refractivity contribution < 1.29 is 17.9 Å². The normalized spacial score (nSPS) is 10.3. The van der Waals surface area contributed by atoms with Crippen LogP contribution < -0.4 is 0 Å². The first-order chi connectivity index (χ1) is 8.46. The van der Waals surface area contributed by atoms with E-state index in [-0.39, 0.29) is 16.5 Å². The molecule has 0 aliphatic rings.